The zero-order valence-corrected chi connectivity index (χ0v) is 5.86. The van der Waals surface area contributed by atoms with E-state index in [-0.39, 0.29) is 0 Å². The molecule has 0 N–H and O–H groups in total. The third-order valence-corrected chi connectivity index (χ3v) is 1.28. The van der Waals surface area contributed by atoms with E-state index in [2.05, 4.69) is 19.0 Å². The number of hydrogen-bond acceptors (Lipinski definition) is 3. The zero-order valence-electron chi connectivity index (χ0n) is 4.70. The molecular formula is C5H6NO2P. The van der Waals surface area contributed by atoms with Crippen LogP contribution in [0.4, 0.5) is 0 Å². The van der Waals surface area contributed by atoms with Crippen molar-refractivity contribution in [2.45, 2.75) is 6.42 Å². The lowest BCUT2D eigenvalue weighted by molar-refractivity contribution is -0.125. The van der Waals surface area contributed by atoms with Crippen LogP contribution in [0, 0.1) is 0 Å². The highest BCUT2D eigenvalue weighted by atomic mass is 31.0. The molecule has 1 heterocycles. The van der Waals surface area contributed by atoms with Crippen molar-refractivity contribution in [3.8, 4) is 0 Å². The van der Waals surface area contributed by atoms with Gasteiger partial charge in [-0.3, -0.25) is 9.79 Å². The quantitative estimate of drug-likeness (QED) is 0.421. The van der Waals surface area contributed by atoms with Crippen LogP contribution in [0.5, 0.6) is 0 Å². The van der Waals surface area contributed by atoms with Crippen LogP contribution in [-0.2, 0) is 9.53 Å². The van der Waals surface area contributed by atoms with Crippen molar-refractivity contribution in [1.29, 1.82) is 0 Å². The summed E-state index contributed by atoms with van der Waals surface area (Å²) in [6.07, 6.45) is 2.17. The average molecular weight is 143 g/mol. The van der Waals surface area contributed by atoms with Gasteiger partial charge in [-0.15, -0.1) is 0 Å². The van der Waals surface area contributed by atoms with Crippen LogP contribution < -0.4 is 0 Å². The molecule has 0 aromatic rings. The second-order valence-electron chi connectivity index (χ2n) is 1.61. The van der Waals surface area contributed by atoms with E-state index in [0.29, 0.717) is 18.7 Å². The summed E-state index contributed by atoms with van der Waals surface area (Å²) in [6.45, 7) is 0.407. The monoisotopic (exact) mass is 143 g/mol. The molecule has 0 amide bonds. The number of aliphatic imine (C=N–C) groups is 1. The molecule has 1 aliphatic heterocycles. The van der Waals surface area contributed by atoms with E-state index in [4.69, 9.17) is 0 Å². The minimum atomic E-state index is 0.407. The maximum atomic E-state index is 9.75. The van der Waals surface area contributed by atoms with E-state index in [1.165, 1.54) is 6.20 Å². The lowest BCUT2D eigenvalue weighted by atomic mass is 10.4. The van der Waals surface area contributed by atoms with Crippen molar-refractivity contribution < 1.29 is 9.53 Å². The fourth-order valence-corrected chi connectivity index (χ4v) is 0.834. The van der Waals surface area contributed by atoms with Gasteiger partial charge >= 0.3 is 0 Å². The van der Waals surface area contributed by atoms with Crippen LogP contribution in [0.1, 0.15) is 6.42 Å². The molecule has 0 fully saturated rings. The lowest BCUT2D eigenvalue weighted by Gasteiger charge is -1.93. The van der Waals surface area contributed by atoms with Crippen molar-refractivity contribution in [1.82, 2.24) is 0 Å². The summed E-state index contributed by atoms with van der Waals surface area (Å²) < 4.78 is 4.53. The van der Waals surface area contributed by atoms with Crippen LogP contribution in [0.2, 0.25) is 0 Å². The minimum absolute atomic E-state index is 0.407. The van der Waals surface area contributed by atoms with Gasteiger partial charge < -0.3 is 4.74 Å². The molecule has 9 heavy (non-hydrogen) atoms. The molecule has 4 heteroatoms. The topological polar surface area (TPSA) is 38.7 Å². The van der Waals surface area contributed by atoms with Crippen LogP contribution in [0.25, 0.3) is 0 Å². The van der Waals surface area contributed by atoms with E-state index in [0.717, 1.165) is 5.45 Å². The Morgan fingerprint density at radius 1 is 1.89 bits per heavy atom. The third-order valence-electron chi connectivity index (χ3n) is 0.929. The molecule has 0 radical (unpaired) electrons. The predicted molar refractivity (Wildman–Crippen MR) is 37.0 cm³/mol. The summed E-state index contributed by atoms with van der Waals surface area (Å²) in [6, 6.07) is 0. The van der Waals surface area contributed by atoms with Gasteiger partial charge in [-0.1, -0.05) is 9.24 Å². The van der Waals surface area contributed by atoms with Crippen LogP contribution in [0.15, 0.2) is 17.0 Å². The second-order valence-corrected chi connectivity index (χ2v) is 2.27. The summed E-state index contributed by atoms with van der Waals surface area (Å²) in [7, 11) is 2.45. The first kappa shape index (κ1) is 6.43. The molecule has 1 aliphatic rings. The first-order valence-electron chi connectivity index (χ1n) is 2.44. The normalized spacial score (nSPS) is 16.6. The highest BCUT2D eigenvalue weighted by Crippen LogP contribution is 2.14. The summed E-state index contributed by atoms with van der Waals surface area (Å²) in [5.74, 6) is 0.606. The van der Waals surface area contributed by atoms with E-state index < -0.39 is 0 Å². The van der Waals surface area contributed by atoms with Gasteiger partial charge in [0.15, 0.2) is 0 Å². The van der Waals surface area contributed by atoms with E-state index in [1.807, 2.05) is 0 Å². The van der Waals surface area contributed by atoms with E-state index in [1.54, 1.807) is 0 Å². The van der Waals surface area contributed by atoms with Crippen LogP contribution in [-0.4, -0.2) is 11.9 Å². The van der Waals surface area contributed by atoms with Crippen molar-refractivity contribution in [3.05, 3.63) is 12.0 Å². The van der Waals surface area contributed by atoms with E-state index in [9.17, 15) is 4.79 Å². The molecule has 1 atom stereocenters. The summed E-state index contributed by atoms with van der Waals surface area (Å²) in [4.78, 5) is 13.6. The molecular weight excluding hydrogens is 137 g/mol. The Morgan fingerprint density at radius 2 is 2.67 bits per heavy atom. The van der Waals surface area contributed by atoms with E-state index >= 15 is 0 Å². The van der Waals surface area contributed by atoms with Crippen molar-refractivity contribution in [2.24, 2.45) is 4.99 Å². The summed E-state index contributed by atoms with van der Waals surface area (Å²) >= 11 is 0. The first-order chi connectivity index (χ1) is 4.33. The fraction of sp³-hybridized carbons (Fsp3) is 0.200. The number of hydrogen-bond donors (Lipinski definition) is 0. The minimum Gasteiger partial charge on any atom is -0.431 e. The van der Waals surface area contributed by atoms with Gasteiger partial charge in [-0.05, 0) is 0 Å². The van der Waals surface area contributed by atoms with Gasteiger partial charge in [0, 0.05) is 11.9 Å². The SMILES string of the molecule is O=COC1=CN=C(P)C1. The highest BCUT2D eigenvalue weighted by Gasteiger charge is 2.05. The van der Waals surface area contributed by atoms with Crippen molar-refractivity contribution in [2.75, 3.05) is 0 Å². The fourth-order valence-electron chi connectivity index (χ4n) is 0.559. The lowest BCUT2D eigenvalue weighted by Crippen LogP contribution is -1.88. The average Bonchev–Trinajstić information content (AvgIpc) is 2.17. The molecule has 0 aromatic heterocycles. The van der Waals surface area contributed by atoms with Crippen LogP contribution in [0.3, 0.4) is 0 Å². The van der Waals surface area contributed by atoms with Gasteiger partial charge in [0.05, 0.1) is 6.20 Å². The number of carbonyl (C=O) groups is 1. The van der Waals surface area contributed by atoms with Crippen molar-refractivity contribution in [3.63, 3.8) is 0 Å². The van der Waals surface area contributed by atoms with Gasteiger partial charge in [0.2, 0.25) is 0 Å². The molecule has 0 aromatic carbocycles. The molecule has 3 nitrogen and oxygen atoms in total. The number of carbonyl (C=O) groups excluding carboxylic acids is 1. The summed E-state index contributed by atoms with van der Waals surface area (Å²) in [5, 5.41) is 0. The summed E-state index contributed by atoms with van der Waals surface area (Å²) in [5.41, 5.74) is 0.895. The molecule has 0 bridgehead atoms. The Kier molecular flexibility index (Phi) is 1.96. The Morgan fingerprint density at radius 3 is 3.11 bits per heavy atom. The van der Waals surface area contributed by atoms with Gasteiger partial charge in [-0.25, -0.2) is 0 Å². The number of rotatable bonds is 2. The Bertz CT molecular complexity index is 185. The first-order valence-corrected chi connectivity index (χ1v) is 3.02. The Hall–Kier alpha value is -0.690. The standard InChI is InChI=1S/C5H6NO2P/c7-3-8-4-1-5(9)6-2-4/h2-3H,1,9H2. The number of allylic oxidation sites excluding steroid dienone is 1. The zero-order chi connectivity index (χ0) is 6.69. The maximum absolute atomic E-state index is 9.75. The molecule has 0 saturated carbocycles. The Labute approximate surface area is 55.0 Å². The number of nitrogens with zero attached hydrogens (tertiary/aromatic N) is 1. The molecule has 0 saturated heterocycles. The predicted octanol–water partition coefficient (Wildman–Crippen LogP) is 0.678. The Balaban J connectivity index is 2.43. The highest BCUT2D eigenvalue weighted by molar-refractivity contribution is 7.40. The van der Waals surface area contributed by atoms with Gasteiger partial charge in [0.1, 0.15) is 5.76 Å². The molecule has 1 unspecified atom stereocenters. The third kappa shape index (κ3) is 1.61. The van der Waals surface area contributed by atoms with Gasteiger partial charge in [0.25, 0.3) is 6.47 Å². The van der Waals surface area contributed by atoms with Crippen LogP contribution >= 0.6 is 9.24 Å². The van der Waals surface area contributed by atoms with Crippen molar-refractivity contribution >= 4 is 21.2 Å². The molecule has 48 valence electrons. The second kappa shape index (κ2) is 2.74. The maximum Gasteiger partial charge on any atom is 0.298 e. The molecule has 1 rings (SSSR count). The smallest absolute Gasteiger partial charge is 0.298 e. The largest absolute Gasteiger partial charge is 0.431 e. The molecule has 0 aliphatic carbocycles. The van der Waals surface area contributed by atoms with Gasteiger partial charge in [-0.2, -0.15) is 0 Å². The molecule has 0 spiro atoms. The number of ether oxygens (including phenoxy) is 1.